The fourth-order valence-corrected chi connectivity index (χ4v) is 3.52. The molecular weight excluding hydrogens is 362 g/mol. The molecule has 2 N–H and O–H groups in total. The number of ether oxygens (including phenoxy) is 2. The van der Waals surface area contributed by atoms with Gasteiger partial charge in [0, 0.05) is 45.7 Å². The summed E-state index contributed by atoms with van der Waals surface area (Å²) in [5, 5.41) is 12.6. The summed E-state index contributed by atoms with van der Waals surface area (Å²) in [6, 6.07) is 5.01. The van der Waals surface area contributed by atoms with Gasteiger partial charge in [0.2, 0.25) is 11.8 Å². The Bertz CT molecular complexity index is 690. The zero-order valence-electron chi connectivity index (χ0n) is 16.4. The molecule has 0 saturated carbocycles. The number of aromatic hydroxyl groups is 1. The maximum atomic E-state index is 12.5. The first-order valence-corrected chi connectivity index (χ1v) is 9.87. The van der Waals surface area contributed by atoms with Gasteiger partial charge in [-0.2, -0.15) is 0 Å². The predicted molar refractivity (Wildman–Crippen MR) is 103 cm³/mol. The number of phenolic OH excluding ortho intramolecular Hbond substituents is 1. The maximum Gasteiger partial charge on any atom is 0.225 e. The first-order chi connectivity index (χ1) is 13.6. The summed E-state index contributed by atoms with van der Waals surface area (Å²) < 4.78 is 10.7. The maximum absolute atomic E-state index is 12.5. The molecule has 0 aromatic heterocycles. The fraction of sp³-hybridized carbons (Fsp3) is 0.600. The van der Waals surface area contributed by atoms with Crippen LogP contribution in [0.15, 0.2) is 18.2 Å². The zero-order chi connectivity index (χ0) is 19.9. The van der Waals surface area contributed by atoms with Crippen LogP contribution < -0.4 is 10.1 Å². The Labute approximate surface area is 165 Å². The Kier molecular flexibility index (Phi) is 7.11. The van der Waals surface area contributed by atoms with Crippen molar-refractivity contribution < 1.29 is 24.2 Å². The topological polar surface area (TPSA) is 91.3 Å². The highest BCUT2D eigenvalue weighted by Crippen LogP contribution is 2.27. The minimum atomic E-state index is -0.319. The van der Waals surface area contributed by atoms with E-state index in [1.54, 1.807) is 23.1 Å². The Morgan fingerprint density at radius 3 is 2.86 bits per heavy atom. The molecule has 1 aromatic rings. The highest BCUT2D eigenvalue weighted by molar-refractivity contribution is 5.89. The Hall–Kier alpha value is -2.32. The summed E-state index contributed by atoms with van der Waals surface area (Å²) in [7, 11) is 0. The SMILES string of the molecule is CCOc1cc(CNC(=O)C2CC(=O)N(CCN3CCOCC3)C2)ccc1O. The van der Waals surface area contributed by atoms with Crippen molar-refractivity contribution >= 4 is 11.8 Å². The van der Waals surface area contributed by atoms with Crippen molar-refractivity contribution in [1.29, 1.82) is 0 Å². The number of morpholine rings is 1. The number of phenols is 1. The van der Waals surface area contributed by atoms with Gasteiger partial charge in [0.1, 0.15) is 0 Å². The van der Waals surface area contributed by atoms with E-state index in [1.165, 1.54) is 0 Å². The molecule has 0 spiro atoms. The van der Waals surface area contributed by atoms with Gasteiger partial charge in [0.25, 0.3) is 0 Å². The number of nitrogens with one attached hydrogen (secondary N) is 1. The number of carbonyl (C=O) groups is 2. The predicted octanol–water partition coefficient (Wildman–Crippen LogP) is 0.588. The summed E-state index contributed by atoms with van der Waals surface area (Å²) >= 11 is 0. The first-order valence-electron chi connectivity index (χ1n) is 9.87. The van der Waals surface area contributed by atoms with Gasteiger partial charge in [-0.1, -0.05) is 6.07 Å². The molecule has 1 aromatic carbocycles. The molecule has 2 fully saturated rings. The molecule has 0 bridgehead atoms. The molecule has 8 nitrogen and oxygen atoms in total. The monoisotopic (exact) mass is 391 g/mol. The van der Waals surface area contributed by atoms with Gasteiger partial charge in [-0.25, -0.2) is 0 Å². The van der Waals surface area contributed by atoms with Crippen LogP contribution in [0.25, 0.3) is 0 Å². The van der Waals surface area contributed by atoms with Crippen molar-refractivity contribution in [2.75, 3.05) is 52.5 Å². The summed E-state index contributed by atoms with van der Waals surface area (Å²) in [5.41, 5.74) is 0.836. The van der Waals surface area contributed by atoms with Crippen LogP contribution in [0, 0.1) is 5.92 Å². The largest absolute Gasteiger partial charge is 0.504 e. The molecule has 0 radical (unpaired) electrons. The van der Waals surface area contributed by atoms with Crippen molar-refractivity contribution in [1.82, 2.24) is 15.1 Å². The second-order valence-corrected chi connectivity index (χ2v) is 7.15. The van der Waals surface area contributed by atoms with Crippen LogP contribution in [0.1, 0.15) is 18.9 Å². The highest BCUT2D eigenvalue weighted by atomic mass is 16.5. The number of carbonyl (C=O) groups excluding carboxylic acids is 2. The lowest BCUT2D eigenvalue weighted by molar-refractivity contribution is -0.129. The molecule has 154 valence electrons. The van der Waals surface area contributed by atoms with Crippen molar-refractivity contribution in [3.63, 3.8) is 0 Å². The van der Waals surface area contributed by atoms with E-state index in [1.807, 2.05) is 6.92 Å². The van der Waals surface area contributed by atoms with Gasteiger partial charge < -0.3 is 24.8 Å². The fourth-order valence-electron chi connectivity index (χ4n) is 3.52. The number of amides is 2. The average Bonchev–Trinajstić information content (AvgIpc) is 3.08. The van der Waals surface area contributed by atoms with E-state index in [-0.39, 0.29) is 29.9 Å². The van der Waals surface area contributed by atoms with Crippen LogP contribution in [0.3, 0.4) is 0 Å². The van der Waals surface area contributed by atoms with Gasteiger partial charge >= 0.3 is 0 Å². The third-order valence-corrected chi connectivity index (χ3v) is 5.17. The van der Waals surface area contributed by atoms with Crippen LogP contribution in [-0.4, -0.2) is 79.3 Å². The lowest BCUT2D eigenvalue weighted by Crippen LogP contribution is -2.42. The van der Waals surface area contributed by atoms with E-state index in [2.05, 4.69) is 10.2 Å². The summed E-state index contributed by atoms with van der Waals surface area (Å²) in [4.78, 5) is 28.8. The van der Waals surface area contributed by atoms with Crippen molar-refractivity contribution in [3.8, 4) is 11.5 Å². The number of hydrogen-bond acceptors (Lipinski definition) is 6. The first kappa shape index (κ1) is 20.4. The molecule has 2 aliphatic heterocycles. The number of likely N-dealkylation sites (tertiary alicyclic amines) is 1. The molecule has 3 rings (SSSR count). The van der Waals surface area contributed by atoms with Gasteiger partial charge in [-0.05, 0) is 24.6 Å². The molecule has 28 heavy (non-hydrogen) atoms. The number of rotatable bonds is 8. The molecule has 2 saturated heterocycles. The minimum absolute atomic E-state index is 0.0386. The third-order valence-electron chi connectivity index (χ3n) is 5.17. The molecule has 2 heterocycles. The quantitative estimate of drug-likeness (QED) is 0.674. The van der Waals surface area contributed by atoms with Crippen LogP contribution >= 0.6 is 0 Å². The van der Waals surface area contributed by atoms with Gasteiger partial charge in [-0.15, -0.1) is 0 Å². The van der Waals surface area contributed by atoms with Gasteiger partial charge in [0.15, 0.2) is 11.5 Å². The van der Waals surface area contributed by atoms with Crippen LogP contribution in [-0.2, 0) is 20.9 Å². The van der Waals surface area contributed by atoms with Gasteiger partial charge in [0.05, 0.1) is 25.7 Å². The number of hydrogen-bond donors (Lipinski definition) is 2. The standard InChI is InChI=1S/C20H29N3O5/c1-2-28-18-11-15(3-4-17(18)24)13-21-20(26)16-12-19(25)23(14-16)6-5-22-7-9-27-10-8-22/h3-4,11,16,24H,2,5-10,12-14H2,1H3,(H,21,26). The zero-order valence-corrected chi connectivity index (χ0v) is 16.4. The van der Waals surface area contributed by atoms with Crippen LogP contribution in [0.4, 0.5) is 0 Å². The summed E-state index contributed by atoms with van der Waals surface area (Å²) in [6.07, 6.45) is 0.259. The second kappa shape index (κ2) is 9.75. The summed E-state index contributed by atoms with van der Waals surface area (Å²) in [5.74, 6) is 0.0828. The van der Waals surface area contributed by atoms with Crippen LogP contribution in [0.5, 0.6) is 11.5 Å². The Balaban J connectivity index is 1.45. The van der Waals surface area contributed by atoms with E-state index < -0.39 is 0 Å². The van der Waals surface area contributed by atoms with E-state index in [0.29, 0.717) is 32.0 Å². The molecule has 0 aliphatic carbocycles. The molecule has 8 heteroatoms. The highest BCUT2D eigenvalue weighted by Gasteiger charge is 2.34. The lowest BCUT2D eigenvalue weighted by atomic mass is 10.1. The normalized spacial score (nSPS) is 20.4. The Morgan fingerprint density at radius 2 is 2.11 bits per heavy atom. The molecular formula is C20H29N3O5. The smallest absolute Gasteiger partial charge is 0.225 e. The molecule has 2 amide bonds. The molecule has 2 aliphatic rings. The average molecular weight is 391 g/mol. The van der Waals surface area contributed by atoms with E-state index in [4.69, 9.17) is 9.47 Å². The number of benzene rings is 1. The van der Waals surface area contributed by atoms with Gasteiger partial charge in [-0.3, -0.25) is 14.5 Å². The Morgan fingerprint density at radius 1 is 1.32 bits per heavy atom. The summed E-state index contributed by atoms with van der Waals surface area (Å²) in [6.45, 7) is 7.82. The van der Waals surface area contributed by atoms with Crippen molar-refractivity contribution in [2.45, 2.75) is 19.9 Å². The second-order valence-electron chi connectivity index (χ2n) is 7.15. The number of nitrogens with zero attached hydrogens (tertiary/aromatic N) is 2. The van der Waals surface area contributed by atoms with Crippen LogP contribution in [0.2, 0.25) is 0 Å². The van der Waals surface area contributed by atoms with Crippen molar-refractivity contribution in [2.24, 2.45) is 5.92 Å². The molecule has 1 unspecified atom stereocenters. The molecule has 1 atom stereocenters. The van der Waals surface area contributed by atoms with Crippen molar-refractivity contribution in [3.05, 3.63) is 23.8 Å². The van der Waals surface area contributed by atoms with E-state index >= 15 is 0 Å². The lowest BCUT2D eigenvalue weighted by Gasteiger charge is -2.28. The van der Waals surface area contributed by atoms with E-state index in [9.17, 15) is 14.7 Å². The third kappa shape index (κ3) is 5.36. The minimum Gasteiger partial charge on any atom is -0.504 e. The van der Waals surface area contributed by atoms with E-state index in [0.717, 1.165) is 38.4 Å².